The number of ether oxygens (including phenoxy) is 1. The van der Waals surface area contributed by atoms with Crippen LogP contribution in [-0.2, 0) is 5.60 Å². The van der Waals surface area contributed by atoms with E-state index in [1.54, 1.807) is 12.1 Å². The summed E-state index contributed by atoms with van der Waals surface area (Å²) in [7, 11) is 4.02. The molecule has 2 rings (SSSR count). The molecule has 0 aliphatic heterocycles. The molecule has 4 heteroatoms. The molecule has 2 aromatic rings. The fraction of sp³-hybridized carbons (Fsp3) is 0.400. The van der Waals surface area contributed by atoms with E-state index in [0.717, 1.165) is 17.9 Å². The fourth-order valence-electron chi connectivity index (χ4n) is 2.97. The number of rotatable bonds is 8. The Hall–Kier alpha value is -1.55. The maximum Gasteiger partial charge on any atom is 0.119 e. The van der Waals surface area contributed by atoms with Crippen LogP contribution in [0.25, 0.3) is 0 Å². The highest BCUT2D eigenvalue weighted by Gasteiger charge is 2.37. The standard InChI is InChI=1S/C20H26ClNO2/c1-4-20(23,16-8-6-5-7-9-16)17(14-22(2)3)15-24-19-12-10-18(21)11-13-19/h5-13,17,23H,4,14-15H2,1-3H3. The van der Waals surface area contributed by atoms with E-state index in [-0.39, 0.29) is 5.92 Å². The van der Waals surface area contributed by atoms with Gasteiger partial charge in [-0.1, -0.05) is 48.9 Å². The Morgan fingerprint density at radius 1 is 1.08 bits per heavy atom. The Morgan fingerprint density at radius 3 is 2.25 bits per heavy atom. The van der Waals surface area contributed by atoms with E-state index in [0.29, 0.717) is 18.1 Å². The van der Waals surface area contributed by atoms with Crippen molar-refractivity contribution in [3.63, 3.8) is 0 Å². The zero-order chi connectivity index (χ0) is 17.6. The SMILES string of the molecule is CCC(O)(c1ccccc1)C(COc1ccc(Cl)cc1)CN(C)C. The fourth-order valence-corrected chi connectivity index (χ4v) is 3.09. The van der Waals surface area contributed by atoms with Crippen LogP contribution < -0.4 is 4.74 Å². The first-order chi connectivity index (χ1) is 11.5. The molecule has 0 saturated heterocycles. The van der Waals surface area contributed by atoms with Gasteiger partial charge in [0.15, 0.2) is 0 Å². The van der Waals surface area contributed by atoms with E-state index < -0.39 is 5.60 Å². The van der Waals surface area contributed by atoms with Gasteiger partial charge in [-0.25, -0.2) is 0 Å². The minimum atomic E-state index is -0.933. The summed E-state index contributed by atoms with van der Waals surface area (Å²) in [5, 5.41) is 12.1. The first-order valence-electron chi connectivity index (χ1n) is 8.26. The molecule has 2 aromatic carbocycles. The molecular weight excluding hydrogens is 322 g/mol. The lowest BCUT2D eigenvalue weighted by Gasteiger charge is -2.37. The van der Waals surface area contributed by atoms with E-state index in [2.05, 4.69) is 4.90 Å². The molecule has 0 amide bonds. The van der Waals surface area contributed by atoms with Gasteiger partial charge in [-0.3, -0.25) is 0 Å². The molecule has 3 nitrogen and oxygen atoms in total. The van der Waals surface area contributed by atoms with E-state index in [1.807, 2.05) is 63.5 Å². The number of nitrogens with zero attached hydrogens (tertiary/aromatic N) is 1. The van der Waals surface area contributed by atoms with Gasteiger partial charge in [-0.05, 0) is 50.3 Å². The highest BCUT2D eigenvalue weighted by Crippen LogP contribution is 2.34. The smallest absolute Gasteiger partial charge is 0.119 e. The van der Waals surface area contributed by atoms with Gasteiger partial charge in [0, 0.05) is 17.5 Å². The first kappa shape index (κ1) is 18.8. The summed E-state index contributed by atoms with van der Waals surface area (Å²) in [4.78, 5) is 2.08. The predicted molar refractivity (Wildman–Crippen MR) is 99.6 cm³/mol. The van der Waals surface area contributed by atoms with Crippen LogP contribution in [0.2, 0.25) is 5.02 Å². The van der Waals surface area contributed by atoms with Crippen LogP contribution in [0.5, 0.6) is 5.75 Å². The van der Waals surface area contributed by atoms with E-state index in [4.69, 9.17) is 16.3 Å². The van der Waals surface area contributed by atoms with Crippen molar-refractivity contribution >= 4 is 11.6 Å². The number of aliphatic hydroxyl groups is 1. The van der Waals surface area contributed by atoms with Crippen molar-refractivity contribution in [1.82, 2.24) is 4.90 Å². The molecule has 2 unspecified atom stereocenters. The minimum Gasteiger partial charge on any atom is -0.493 e. The average Bonchev–Trinajstić information content (AvgIpc) is 2.59. The summed E-state index contributed by atoms with van der Waals surface area (Å²) in [6, 6.07) is 17.2. The maximum atomic E-state index is 11.4. The molecule has 0 aliphatic carbocycles. The Bertz CT molecular complexity index is 615. The molecule has 0 saturated carbocycles. The monoisotopic (exact) mass is 347 g/mol. The van der Waals surface area contributed by atoms with Gasteiger partial charge < -0.3 is 14.7 Å². The average molecular weight is 348 g/mol. The van der Waals surface area contributed by atoms with Crippen LogP contribution >= 0.6 is 11.6 Å². The van der Waals surface area contributed by atoms with Crippen molar-refractivity contribution in [3.05, 3.63) is 65.2 Å². The van der Waals surface area contributed by atoms with Crippen molar-refractivity contribution in [1.29, 1.82) is 0 Å². The van der Waals surface area contributed by atoms with E-state index in [1.165, 1.54) is 0 Å². The van der Waals surface area contributed by atoms with E-state index in [9.17, 15) is 5.11 Å². The molecule has 0 radical (unpaired) electrons. The molecule has 0 fully saturated rings. The second kappa shape index (κ2) is 8.52. The number of benzene rings is 2. The van der Waals surface area contributed by atoms with Crippen molar-refractivity contribution < 1.29 is 9.84 Å². The maximum absolute atomic E-state index is 11.4. The lowest BCUT2D eigenvalue weighted by molar-refractivity contribution is -0.0528. The zero-order valence-electron chi connectivity index (χ0n) is 14.6. The van der Waals surface area contributed by atoms with Crippen LogP contribution in [0.15, 0.2) is 54.6 Å². The summed E-state index contributed by atoms with van der Waals surface area (Å²) in [5.74, 6) is 0.699. The van der Waals surface area contributed by atoms with Crippen molar-refractivity contribution in [2.75, 3.05) is 27.2 Å². The van der Waals surface area contributed by atoms with Crippen LogP contribution in [0.1, 0.15) is 18.9 Å². The third-order valence-electron chi connectivity index (χ3n) is 4.34. The van der Waals surface area contributed by atoms with Gasteiger partial charge in [0.25, 0.3) is 0 Å². The molecule has 0 aliphatic rings. The van der Waals surface area contributed by atoms with Gasteiger partial charge >= 0.3 is 0 Å². The molecule has 0 aromatic heterocycles. The quantitative estimate of drug-likeness (QED) is 0.777. The third kappa shape index (κ3) is 4.73. The molecule has 1 N–H and O–H groups in total. The first-order valence-corrected chi connectivity index (χ1v) is 8.64. The molecular formula is C20H26ClNO2. The van der Waals surface area contributed by atoms with Crippen molar-refractivity contribution in [3.8, 4) is 5.75 Å². The second-order valence-electron chi connectivity index (χ2n) is 6.37. The Morgan fingerprint density at radius 2 is 1.71 bits per heavy atom. The highest BCUT2D eigenvalue weighted by molar-refractivity contribution is 6.30. The van der Waals surface area contributed by atoms with E-state index >= 15 is 0 Å². The van der Waals surface area contributed by atoms with Gasteiger partial charge in [0.05, 0.1) is 12.2 Å². The minimum absolute atomic E-state index is 0.0596. The predicted octanol–water partition coefficient (Wildman–Crippen LogP) is 4.19. The van der Waals surface area contributed by atoms with Gasteiger partial charge in [0.1, 0.15) is 5.75 Å². The highest BCUT2D eigenvalue weighted by atomic mass is 35.5. The number of hydrogen-bond donors (Lipinski definition) is 1. The largest absolute Gasteiger partial charge is 0.493 e. The van der Waals surface area contributed by atoms with Gasteiger partial charge in [-0.15, -0.1) is 0 Å². The van der Waals surface area contributed by atoms with Crippen molar-refractivity contribution in [2.45, 2.75) is 18.9 Å². The lowest BCUT2D eigenvalue weighted by atomic mass is 9.79. The molecule has 24 heavy (non-hydrogen) atoms. The van der Waals surface area contributed by atoms with Crippen LogP contribution in [0, 0.1) is 5.92 Å². The summed E-state index contributed by atoms with van der Waals surface area (Å²) in [6.07, 6.45) is 0.625. The molecule has 0 spiro atoms. The number of halogens is 1. The lowest BCUT2D eigenvalue weighted by Crippen LogP contribution is -2.43. The molecule has 0 heterocycles. The van der Waals surface area contributed by atoms with Crippen LogP contribution in [0.3, 0.4) is 0 Å². The summed E-state index contributed by atoms with van der Waals surface area (Å²) < 4.78 is 5.95. The zero-order valence-corrected chi connectivity index (χ0v) is 15.3. The molecule has 0 bridgehead atoms. The normalized spacial score (nSPS) is 15.1. The van der Waals surface area contributed by atoms with Crippen LogP contribution in [-0.4, -0.2) is 37.3 Å². The third-order valence-corrected chi connectivity index (χ3v) is 4.59. The summed E-state index contributed by atoms with van der Waals surface area (Å²) >= 11 is 5.92. The second-order valence-corrected chi connectivity index (χ2v) is 6.80. The van der Waals surface area contributed by atoms with Gasteiger partial charge in [0.2, 0.25) is 0 Å². The number of hydrogen-bond acceptors (Lipinski definition) is 3. The Labute approximate surface area is 149 Å². The van der Waals surface area contributed by atoms with Crippen molar-refractivity contribution in [2.24, 2.45) is 5.92 Å². The van der Waals surface area contributed by atoms with Gasteiger partial charge in [-0.2, -0.15) is 0 Å². The Kier molecular flexibility index (Phi) is 6.67. The van der Waals surface area contributed by atoms with Crippen LogP contribution in [0.4, 0.5) is 0 Å². The summed E-state index contributed by atoms with van der Waals surface area (Å²) in [6.45, 7) is 3.17. The molecule has 130 valence electrons. The summed E-state index contributed by atoms with van der Waals surface area (Å²) in [5.41, 5.74) is -0.00290. The topological polar surface area (TPSA) is 32.7 Å². The Balaban J connectivity index is 2.20. The molecule has 2 atom stereocenters.